The summed E-state index contributed by atoms with van der Waals surface area (Å²) in [7, 11) is 0. The second kappa shape index (κ2) is 7.29. The van der Waals surface area contributed by atoms with Gasteiger partial charge in [0.1, 0.15) is 5.82 Å². The third-order valence-electron chi connectivity index (χ3n) is 5.14. The molecule has 0 bridgehead atoms. The van der Waals surface area contributed by atoms with Crippen molar-refractivity contribution in [3.63, 3.8) is 0 Å². The molecule has 7 heteroatoms. The molecule has 5 nitrogen and oxygen atoms in total. The number of anilines is 2. The Hall–Kier alpha value is -2.44. The van der Waals surface area contributed by atoms with E-state index in [1.165, 1.54) is 11.0 Å². The van der Waals surface area contributed by atoms with E-state index in [-0.39, 0.29) is 24.1 Å². The Balaban J connectivity index is 1.45. The fourth-order valence-electron chi connectivity index (χ4n) is 3.77. The Morgan fingerprint density at radius 1 is 0.963 bits per heavy atom. The number of piperazine rings is 1. The first kappa shape index (κ1) is 17.9. The number of halogens is 2. The van der Waals surface area contributed by atoms with Gasteiger partial charge in [0.05, 0.1) is 23.8 Å². The lowest BCUT2D eigenvalue weighted by atomic mass is 10.1. The summed E-state index contributed by atoms with van der Waals surface area (Å²) in [4.78, 5) is 30.5. The van der Waals surface area contributed by atoms with Crippen molar-refractivity contribution in [2.75, 3.05) is 36.0 Å². The van der Waals surface area contributed by atoms with Crippen LogP contribution in [0.25, 0.3) is 0 Å². The van der Waals surface area contributed by atoms with Gasteiger partial charge in [-0.15, -0.1) is 0 Å². The van der Waals surface area contributed by atoms with Gasteiger partial charge < -0.3 is 4.90 Å². The van der Waals surface area contributed by atoms with Crippen molar-refractivity contribution >= 4 is 34.8 Å². The number of rotatable bonds is 3. The van der Waals surface area contributed by atoms with E-state index in [4.69, 9.17) is 11.6 Å². The summed E-state index contributed by atoms with van der Waals surface area (Å²) in [6.45, 7) is 2.41. The molecule has 2 saturated heterocycles. The third kappa shape index (κ3) is 3.42. The van der Waals surface area contributed by atoms with Crippen LogP contribution in [0.15, 0.2) is 48.5 Å². The minimum atomic E-state index is -0.473. The van der Waals surface area contributed by atoms with Gasteiger partial charge in [0.2, 0.25) is 5.91 Å². The lowest BCUT2D eigenvalue weighted by molar-refractivity contribution is -0.123. The van der Waals surface area contributed by atoms with Gasteiger partial charge in [0, 0.05) is 31.2 Å². The Morgan fingerprint density at radius 2 is 1.70 bits per heavy atom. The second-order valence-electron chi connectivity index (χ2n) is 6.74. The van der Waals surface area contributed by atoms with Crippen molar-refractivity contribution in [3.05, 3.63) is 59.4 Å². The van der Waals surface area contributed by atoms with Crippen LogP contribution in [0, 0.1) is 5.82 Å². The average Bonchev–Trinajstić information content (AvgIpc) is 2.96. The molecule has 2 amide bonds. The highest BCUT2D eigenvalue weighted by molar-refractivity contribution is 6.31. The number of carbonyl (C=O) groups is 2. The second-order valence-corrected chi connectivity index (χ2v) is 7.18. The molecule has 0 unspecified atom stereocenters. The van der Waals surface area contributed by atoms with Gasteiger partial charge in [0.25, 0.3) is 5.91 Å². The maximum atomic E-state index is 14.0. The molecule has 4 rings (SSSR count). The standard InChI is InChI=1S/C20H19ClFN3O2/c21-14-4-3-5-15(12-14)25-19(26)13-18(20(25)27)24-10-8-23(9-11-24)17-7-2-1-6-16(17)22/h1-7,12,18H,8-11,13H2/t18-/m1/s1. The molecule has 0 radical (unpaired) electrons. The molecule has 2 heterocycles. The highest BCUT2D eigenvalue weighted by Gasteiger charge is 2.43. The molecule has 0 spiro atoms. The van der Waals surface area contributed by atoms with Crippen molar-refractivity contribution in [1.29, 1.82) is 0 Å². The van der Waals surface area contributed by atoms with E-state index in [1.807, 2.05) is 15.9 Å². The third-order valence-corrected chi connectivity index (χ3v) is 5.37. The van der Waals surface area contributed by atoms with E-state index in [1.54, 1.807) is 36.4 Å². The van der Waals surface area contributed by atoms with E-state index < -0.39 is 6.04 Å². The molecular formula is C20H19ClFN3O2. The number of carbonyl (C=O) groups excluding carboxylic acids is 2. The number of imide groups is 1. The number of benzene rings is 2. The van der Waals surface area contributed by atoms with Crippen LogP contribution in [0.4, 0.5) is 15.8 Å². The molecule has 2 aromatic rings. The lowest BCUT2D eigenvalue weighted by Crippen LogP contribution is -2.52. The molecule has 140 valence electrons. The Bertz CT molecular complexity index is 883. The maximum absolute atomic E-state index is 14.0. The highest BCUT2D eigenvalue weighted by atomic mass is 35.5. The van der Waals surface area contributed by atoms with Crippen molar-refractivity contribution in [1.82, 2.24) is 4.90 Å². The quantitative estimate of drug-likeness (QED) is 0.759. The molecule has 1 atom stereocenters. The summed E-state index contributed by atoms with van der Waals surface area (Å²) in [5, 5.41) is 0.482. The molecule has 0 aromatic heterocycles. The zero-order valence-electron chi connectivity index (χ0n) is 14.6. The van der Waals surface area contributed by atoms with E-state index in [9.17, 15) is 14.0 Å². The van der Waals surface area contributed by atoms with Crippen molar-refractivity contribution in [2.24, 2.45) is 0 Å². The smallest absolute Gasteiger partial charge is 0.251 e. The van der Waals surface area contributed by atoms with Gasteiger partial charge in [0.15, 0.2) is 0 Å². The summed E-state index contributed by atoms with van der Waals surface area (Å²) < 4.78 is 14.0. The Morgan fingerprint density at radius 3 is 2.41 bits per heavy atom. The highest BCUT2D eigenvalue weighted by Crippen LogP contribution is 2.29. The Labute approximate surface area is 161 Å². The lowest BCUT2D eigenvalue weighted by Gasteiger charge is -2.38. The minimum absolute atomic E-state index is 0.158. The molecule has 27 heavy (non-hydrogen) atoms. The fraction of sp³-hybridized carbons (Fsp3) is 0.300. The van der Waals surface area contributed by atoms with Gasteiger partial charge >= 0.3 is 0 Å². The first-order valence-corrected chi connectivity index (χ1v) is 9.28. The molecule has 0 saturated carbocycles. The first-order chi connectivity index (χ1) is 13.0. The van der Waals surface area contributed by atoms with E-state index in [0.29, 0.717) is 42.6 Å². The number of hydrogen-bond donors (Lipinski definition) is 0. The fourth-order valence-corrected chi connectivity index (χ4v) is 3.95. The molecule has 2 aliphatic rings. The number of para-hydroxylation sites is 1. The largest absolute Gasteiger partial charge is 0.367 e. The predicted molar refractivity (Wildman–Crippen MR) is 103 cm³/mol. The van der Waals surface area contributed by atoms with Crippen molar-refractivity contribution in [2.45, 2.75) is 12.5 Å². The van der Waals surface area contributed by atoms with Gasteiger partial charge in [-0.1, -0.05) is 29.8 Å². The van der Waals surface area contributed by atoms with Crippen LogP contribution >= 0.6 is 11.6 Å². The molecule has 2 fully saturated rings. The summed E-state index contributed by atoms with van der Waals surface area (Å²) >= 11 is 5.99. The molecule has 0 aliphatic carbocycles. The van der Waals surface area contributed by atoms with E-state index in [0.717, 1.165) is 0 Å². The zero-order valence-corrected chi connectivity index (χ0v) is 15.4. The van der Waals surface area contributed by atoms with E-state index >= 15 is 0 Å². The van der Waals surface area contributed by atoms with Crippen molar-refractivity contribution < 1.29 is 14.0 Å². The molecule has 2 aliphatic heterocycles. The summed E-state index contributed by atoms with van der Waals surface area (Å²) in [6.07, 6.45) is 0.158. The van der Waals surface area contributed by atoms with Gasteiger partial charge in [-0.3, -0.25) is 14.5 Å². The SMILES string of the molecule is O=C1C[C@@H](N2CCN(c3ccccc3F)CC2)C(=O)N1c1cccc(Cl)c1. The average molecular weight is 388 g/mol. The van der Waals surface area contributed by atoms with Crippen LogP contribution in [-0.2, 0) is 9.59 Å². The van der Waals surface area contributed by atoms with Crippen LogP contribution in [-0.4, -0.2) is 48.9 Å². The maximum Gasteiger partial charge on any atom is 0.251 e. The van der Waals surface area contributed by atoms with Gasteiger partial charge in [-0.05, 0) is 30.3 Å². The summed E-state index contributed by atoms with van der Waals surface area (Å²) in [5.74, 6) is -0.685. The Kier molecular flexibility index (Phi) is 4.85. The predicted octanol–water partition coefficient (Wildman–Crippen LogP) is 2.93. The normalized spacial score (nSPS) is 21.2. The topological polar surface area (TPSA) is 43.9 Å². The van der Waals surface area contributed by atoms with Crippen LogP contribution in [0.2, 0.25) is 5.02 Å². The summed E-state index contributed by atoms with van der Waals surface area (Å²) in [6, 6.07) is 13.0. The monoisotopic (exact) mass is 387 g/mol. The van der Waals surface area contributed by atoms with E-state index in [2.05, 4.69) is 0 Å². The number of nitrogens with zero attached hydrogens (tertiary/aromatic N) is 3. The minimum Gasteiger partial charge on any atom is -0.367 e. The summed E-state index contributed by atoms with van der Waals surface area (Å²) in [5.41, 5.74) is 1.08. The van der Waals surface area contributed by atoms with Gasteiger partial charge in [-0.25, -0.2) is 9.29 Å². The number of amides is 2. The number of hydrogen-bond acceptors (Lipinski definition) is 4. The van der Waals surface area contributed by atoms with Crippen molar-refractivity contribution in [3.8, 4) is 0 Å². The van der Waals surface area contributed by atoms with Gasteiger partial charge in [-0.2, -0.15) is 0 Å². The van der Waals surface area contributed by atoms with Crippen LogP contribution in [0.3, 0.4) is 0 Å². The molecule has 0 N–H and O–H groups in total. The van der Waals surface area contributed by atoms with Crippen LogP contribution in [0.5, 0.6) is 0 Å². The van der Waals surface area contributed by atoms with Crippen LogP contribution < -0.4 is 9.80 Å². The molecular weight excluding hydrogens is 369 g/mol. The zero-order chi connectivity index (χ0) is 19.0. The first-order valence-electron chi connectivity index (χ1n) is 8.90. The van der Waals surface area contributed by atoms with Crippen LogP contribution in [0.1, 0.15) is 6.42 Å². The molecule has 2 aromatic carbocycles.